The molecule has 0 saturated heterocycles. The number of hydrogen-bond donors (Lipinski definition) is 1. The lowest BCUT2D eigenvalue weighted by molar-refractivity contribution is -0.763. The van der Waals surface area contributed by atoms with E-state index in [1.807, 2.05) is 30.3 Å². The highest BCUT2D eigenvalue weighted by Crippen LogP contribution is 2.36. The van der Waals surface area contributed by atoms with Gasteiger partial charge in [-0.15, -0.1) is 6.58 Å². The van der Waals surface area contributed by atoms with Gasteiger partial charge in [0.2, 0.25) is 11.1 Å². The van der Waals surface area contributed by atoms with Crippen molar-refractivity contribution in [3.63, 3.8) is 0 Å². The fourth-order valence-corrected chi connectivity index (χ4v) is 3.93. The van der Waals surface area contributed by atoms with Gasteiger partial charge in [0, 0.05) is 30.2 Å². The number of aromatic amines is 1. The zero-order valence-corrected chi connectivity index (χ0v) is 16.0. The van der Waals surface area contributed by atoms with Crippen molar-refractivity contribution in [1.82, 2.24) is 15.1 Å². The summed E-state index contributed by atoms with van der Waals surface area (Å²) < 4.78 is 1.62. The van der Waals surface area contributed by atoms with Crippen LogP contribution in [0.25, 0.3) is 11.3 Å². The molecule has 1 amide bonds. The number of rotatable bonds is 4. The van der Waals surface area contributed by atoms with Crippen molar-refractivity contribution in [3.8, 4) is 11.3 Å². The Morgan fingerprint density at radius 2 is 2.18 bits per heavy atom. The summed E-state index contributed by atoms with van der Waals surface area (Å²) in [4.78, 5) is 34.3. The van der Waals surface area contributed by atoms with Crippen LogP contribution >= 0.6 is 11.8 Å². The van der Waals surface area contributed by atoms with Crippen LogP contribution in [-0.4, -0.2) is 26.7 Å². The van der Waals surface area contributed by atoms with E-state index in [-0.39, 0.29) is 11.5 Å². The summed E-state index contributed by atoms with van der Waals surface area (Å²) in [5.41, 5.74) is 2.24. The molecule has 3 heterocycles. The highest BCUT2D eigenvalue weighted by Gasteiger charge is 2.44. The van der Waals surface area contributed by atoms with E-state index in [9.17, 15) is 9.59 Å². The largest absolute Gasteiger partial charge is 0.325 e. The maximum atomic E-state index is 13.0. The summed E-state index contributed by atoms with van der Waals surface area (Å²) in [6.07, 6.45) is 4.48. The molecule has 1 aromatic carbocycles. The van der Waals surface area contributed by atoms with Gasteiger partial charge >= 0.3 is 11.3 Å². The van der Waals surface area contributed by atoms with Crippen molar-refractivity contribution in [3.05, 3.63) is 77.4 Å². The first-order valence-corrected chi connectivity index (χ1v) is 9.69. The topological polar surface area (TPSA) is 82.8 Å². The number of fused-ring (bicyclic) bond motifs is 3. The average Bonchev–Trinajstić information content (AvgIpc) is 2.71. The van der Waals surface area contributed by atoms with Crippen LogP contribution < -0.4 is 15.1 Å². The van der Waals surface area contributed by atoms with Crippen LogP contribution in [0.15, 0.2) is 71.4 Å². The molecule has 1 unspecified atom stereocenters. The molecule has 0 spiro atoms. The van der Waals surface area contributed by atoms with E-state index in [0.717, 1.165) is 5.56 Å². The van der Waals surface area contributed by atoms with Crippen LogP contribution in [0.5, 0.6) is 0 Å². The monoisotopic (exact) mass is 392 g/mol. The third kappa shape index (κ3) is 3.01. The molecule has 0 fully saturated rings. The maximum Gasteiger partial charge on any atom is 0.325 e. The van der Waals surface area contributed by atoms with Gasteiger partial charge in [-0.25, -0.2) is 4.90 Å². The molecule has 0 radical (unpaired) electrons. The van der Waals surface area contributed by atoms with Crippen LogP contribution in [0.2, 0.25) is 0 Å². The Bertz CT molecular complexity index is 1110. The minimum absolute atomic E-state index is 0.151. The zero-order valence-electron chi connectivity index (χ0n) is 15.2. The molecule has 1 aliphatic heterocycles. The summed E-state index contributed by atoms with van der Waals surface area (Å²) in [5.74, 6) is 0.453. The zero-order chi connectivity index (χ0) is 19.7. The van der Waals surface area contributed by atoms with Crippen LogP contribution in [0.1, 0.15) is 18.7 Å². The van der Waals surface area contributed by atoms with Gasteiger partial charge in [0.1, 0.15) is 0 Å². The molecule has 28 heavy (non-hydrogen) atoms. The number of pyridine rings is 1. The van der Waals surface area contributed by atoms with Gasteiger partial charge in [-0.2, -0.15) is 0 Å². The number of hydrogen-bond acceptors (Lipinski definition) is 5. The van der Waals surface area contributed by atoms with Crippen molar-refractivity contribution in [2.24, 2.45) is 0 Å². The van der Waals surface area contributed by atoms with Gasteiger partial charge < -0.3 is 0 Å². The van der Waals surface area contributed by atoms with Gasteiger partial charge in [-0.3, -0.25) is 19.6 Å². The van der Waals surface area contributed by atoms with Gasteiger partial charge in [-0.05, 0) is 28.9 Å². The fraction of sp³-hybridized carbons (Fsp3) is 0.150. The summed E-state index contributed by atoms with van der Waals surface area (Å²) in [6.45, 7) is 5.21. The van der Waals surface area contributed by atoms with Crippen LogP contribution in [0.3, 0.4) is 0 Å². The summed E-state index contributed by atoms with van der Waals surface area (Å²) in [7, 11) is 0. The normalized spacial score (nSPS) is 14.9. The number of nitrogens with one attached hydrogen (secondary N) is 1. The second-order valence-corrected chi connectivity index (χ2v) is 7.23. The number of aromatic nitrogens is 4. The predicted octanol–water partition coefficient (Wildman–Crippen LogP) is 2.31. The first-order valence-electron chi connectivity index (χ1n) is 8.70. The second-order valence-electron chi connectivity index (χ2n) is 6.22. The third-order valence-electron chi connectivity index (χ3n) is 4.42. The van der Waals surface area contributed by atoms with Gasteiger partial charge in [0.05, 0.1) is 16.8 Å². The molecule has 8 heteroatoms. The lowest BCUT2D eigenvalue weighted by atomic mass is 10.0. The Kier molecular flexibility index (Phi) is 4.79. The molecule has 140 valence electrons. The van der Waals surface area contributed by atoms with E-state index >= 15 is 0 Å². The number of amides is 1. The van der Waals surface area contributed by atoms with Gasteiger partial charge in [0.15, 0.2) is 0 Å². The van der Waals surface area contributed by atoms with Crippen molar-refractivity contribution in [1.29, 1.82) is 0 Å². The number of para-hydroxylation sites is 1. The Balaban J connectivity index is 2.03. The number of carbonyl (C=O) groups excluding carboxylic acids is 1. The summed E-state index contributed by atoms with van der Waals surface area (Å²) >= 11 is 1.37. The van der Waals surface area contributed by atoms with Gasteiger partial charge in [-0.1, -0.05) is 30.0 Å². The quantitative estimate of drug-likeness (QED) is 0.419. The Hall–Kier alpha value is -3.26. The minimum Gasteiger partial charge on any atom is -0.291 e. The summed E-state index contributed by atoms with van der Waals surface area (Å²) in [5, 5.41) is 5.12. The first kappa shape index (κ1) is 18.1. The number of nitrogens with zero attached hydrogens (tertiary/aromatic N) is 4. The lowest BCUT2D eigenvalue weighted by Gasteiger charge is -2.31. The van der Waals surface area contributed by atoms with Crippen LogP contribution in [-0.2, 0) is 4.79 Å². The molecule has 0 saturated carbocycles. The Morgan fingerprint density at radius 3 is 2.89 bits per heavy atom. The Labute approximate surface area is 165 Å². The lowest BCUT2D eigenvalue weighted by Crippen LogP contribution is -2.60. The number of anilines is 1. The standard InChI is InChI=1S/C20H17N5O2S/c1-3-11-28-20-22-18(27)17-15-8-4-5-9-16(15)24(13(2)26)19(25(17)23-20)14-7-6-10-21-12-14/h3-10,12,19H,1,11H2,2H3/p+1. The Morgan fingerprint density at radius 1 is 1.36 bits per heavy atom. The van der Waals surface area contributed by atoms with Crippen LogP contribution in [0, 0.1) is 0 Å². The van der Waals surface area contributed by atoms with Crippen molar-refractivity contribution < 1.29 is 9.48 Å². The summed E-state index contributed by atoms with van der Waals surface area (Å²) in [6, 6.07) is 11.0. The molecule has 0 bridgehead atoms. The molecule has 1 N–H and O–H groups in total. The second kappa shape index (κ2) is 7.40. The average molecular weight is 392 g/mol. The highest BCUT2D eigenvalue weighted by atomic mass is 32.2. The van der Waals surface area contributed by atoms with E-state index in [1.165, 1.54) is 18.7 Å². The van der Waals surface area contributed by atoms with Crippen molar-refractivity contribution in [2.75, 3.05) is 10.7 Å². The third-order valence-corrected chi connectivity index (χ3v) is 5.28. The van der Waals surface area contributed by atoms with Crippen LogP contribution in [0.4, 0.5) is 5.69 Å². The minimum atomic E-state index is -0.610. The molecular formula is C20H18N5O2S+. The molecular weight excluding hydrogens is 374 g/mol. The molecule has 1 aliphatic rings. The molecule has 0 aliphatic carbocycles. The van der Waals surface area contributed by atoms with E-state index in [4.69, 9.17) is 0 Å². The fourth-order valence-electron chi connectivity index (χ4n) is 3.34. The SMILES string of the molecule is C=CCSc1n[n+]2c(c(=O)[nH]1)-c1ccccc1N(C(C)=O)C2c1cccnc1. The molecule has 7 nitrogen and oxygen atoms in total. The van der Waals surface area contributed by atoms with Crippen molar-refractivity contribution in [2.45, 2.75) is 18.2 Å². The number of thioether (sulfide) groups is 1. The molecule has 4 rings (SSSR count). The maximum absolute atomic E-state index is 13.0. The van der Waals surface area contributed by atoms with E-state index in [0.29, 0.717) is 27.9 Å². The van der Waals surface area contributed by atoms with E-state index in [2.05, 4.69) is 21.6 Å². The first-order chi connectivity index (χ1) is 13.6. The predicted molar refractivity (Wildman–Crippen MR) is 107 cm³/mol. The van der Waals surface area contributed by atoms with E-state index < -0.39 is 6.17 Å². The number of H-pyrrole nitrogens is 1. The molecule has 2 aromatic heterocycles. The number of carbonyl (C=O) groups is 1. The molecule has 3 aromatic rings. The highest BCUT2D eigenvalue weighted by molar-refractivity contribution is 7.99. The smallest absolute Gasteiger partial charge is 0.291 e. The van der Waals surface area contributed by atoms with Gasteiger partial charge in [0.25, 0.3) is 6.17 Å². The van der Waals surface area contributed by atoms with Crippen molar-refractivity contribution >= 4 is 23.4 Å². The number of benzene rings is 1. The molecule has 1 atom stereocenters. The van der Waals surface area contributed by atoms with E-state index in [1.54, 1.807) is 34.1 Å².